The van der Waals surface area contributed by atoms with Gasteiger partial charge in [0.15, 0.2) is 5.82 Å². The standard InChI is InChI=1S/C16H20ClN5O/c1-11-8-22(13-6-4-12(17)5-7-13)19-15(11)18-16(23)21-9-14(10-21)20(2)3/h4-8,14H,9-10H2,1-3H3,(H,18,19,23). The molecular weight excluding hydrogens is 314 g/mol. The second-order valence-corrected chi connectivity index (χ2v) is 6.47. The highest BCUT2D eigenvalue weighted by Gasteiger charge is 2.32. The number of nitrogens with zero attached hydrogens (tertiary/aromatic N) is 4. The van der Waals surface area contributed by atoms with Crippen LogP contribution in [0.15, 0.2) is 30.5 Å². The minimum absolute atomic E-state index is 0.104. The first-order valence-corrected chi connectivity index (χ1v) is 7.86. The molecule has 1 aliphatic heterocycles. The van der Waals surface area contributed by atoms with Crippen molar-refractivity contribution in [2.75, 3.05) is 32.5 Å². The Morgan fingerprint density at radius 2 is 1.96 bits per heavy atom. The lowest BCUT2D eigenvalue weighted by Gasteiger charge is -2.42. The van der Waals surface area contributed by atoms with Crippen LogP contribution in [0.25, 0.3) is 5.69 Å². The number of aromatic nitrogens is 2. The molecule has 0 aliphatic carbocycles. The van der Waals surface area contributed by atoms with Crippen molar-refractivity contribution in [3.8, 4) is 5.69 Å². The predicted molar refractivity (Wildman–Crippen MR) is 91.4 cm³/mol. The third-order valence-electron chi connectivity index (χ3n) is 4.09. The van der Waals surface area contributed by atoms with E-state index in [9.17, 15) is 4.79 Å². The van der Waals surface area contributed by atoms with E-state index in [1.54, 1.807) is 9.58 Å². The van der Waals surface area contributed by atoms with Gasteiger partial charge in [-0.1, -0.05) is 11.6 Å². The van der Waals surface area contributed by atoms with Gasteiger partial charge in [0, 0.05) is 35.9 Å². The molecule has 1 N–H and O–H groups in total. The summed E-state index contributed by atoms with van der Waals surface area (Å²) in [7, 11) is 4.05. The lowest BCUT2D eigenvalue weighted by Crippen LogP contribution is -2.60. The molecule has 2 heterocycles. The highest BCUT2D eigenvalue weighted by molar-refractivity contribution is 6.30. The molecule has 0 atom stereocenters. The van der Waals surface area contributed by atoms with Crippen molar-refractivity contribution in [1.82, 2.24) is 19.6 Å². The first kappa shape index (κ1) is 15.8. The largest absolute Gasteiger partial charge is 0.323 e. The number of anilines is 1. The number of nitrogens with one attached hydrogen (secondary N) is 1. The molecular formula is C16H20ClN5O. The topological polar surface area (TPSA) is 53.4 Å². The molecule has 0 saturated carbocycles. The molecule has 0 radical (unpaired) electrons. The Balaban J connectivity index is 1.67. The van der Waals surface area contributed by atoms with Crippen LogP contribution in [0.1, 0.15) is 5.56 Å². The van der Waals surface area contributed by atoms with E-state index >= 15 is 0 Å². The van der Waals surface area contributed by atoms with E-state index in [0.717, 1.165) is 24.3 Å². The molecule has 1 aromatic carbocycles. The second kappa shape index (κ2) is 6.22. The first-order valence-electron chi connectivity index (χ1n) is 7.48. The lowest BCUT2D eigenvalue weighted by atomic mass is 10.1. The summed E-state index contributed by atoms with van der Waals surface area (Å²) in [5.74, 6) is 0.582. The number of hydrogen-bond acceptors (Lipinski definition) is 3. The van der Waals surface area contributed by atoms with Crippen LogP contribution in [-0.2, 0) is 0 Å². The average molecular weight is 334 g/mol. The van der Waals surface area contributed by atoms with Gasteiger partial charge < -0.3 is 9.80 Å². The van der Waals surface area contributed by atoms with Crippen molar-refractivity contribution in [2.24, 2.45) is 0 Å². The van der Waals surface area contributed by atoms with Crippen LogP contribution in [0.3, 0.4) is 0 Å². The molecule has 1 fully saturated rings. The summed E-state index contributed by atoms with van der Waals surface area (Å²) < 4.78 is 1.74. The van der Waals surface area contributed by atoms with Gasteiger partial charge in [-0.2, -0.15) is 0 Å². The summed E-state index contributed by atoms with van der Waals surface area (Å²) in [6.07, 6.45) is 1.89. The highest BCUT2D eigenvalue weighted by Crippen LogP contribution is 2.19. The zero-order valence-corrected chi connectivity index (χ0v) is 14.2. The predicted octanol–water partition coefficient (Wildman–Crippen LogP) is 2.61. The second-order valence-electron chi connectivity index (χ2n) is 6.03. The first-order chi connectivity index (χ1) is 10.9. The Labute approximate surface area is 140 Å². The fourth-order valence-electron chi connectivity index (χ4n) is 2.44. The number of benzene rings is 1. The van der Waals surface area contributed by atoms with Crippen LogP contribution in [-0.4, -0.2) is 58.8 Å². The number of likely N-dealkylation sites (tertiary alicyclic amines) is 1. The maximum absolute atomic E-state index is 12.2. The molecule has 122 valence electrons. The monoisotopic (exact) mass is 333 g/mol. The van der Waals surface area contributed by atoms with Gasteiger partial charge in [-0.15, -0.1) is 5.10 Å². The molecule has 1 saturated heterocycles. The van der Waals surface area contributed by atoms with Crippen LogP contribution >= 0.6 is 11.6 Å². The van der Waals surface area contributed by atoms with Gasteiger partial charge in [-0.25, -0.2) is 9.48 Å². The van der Waals surface area contributed by atoms with Crippen molar-refractivity contribution in [2.45, 2.75) is 13.0 Å². The van der Waals surface area contributed by atoms with Gasteiger partial charge in [0.05, 0.1) is 5.69 Å². The number of carbonyl (C=O) groups is 1. The summed E-state index contributed by atoms with van der Waals surface area (Å²) in [6, 6.07) is 7.73. The number of halogens is 1. The number of urea groups is 1. The van der Waals surface area contributed by atoms with Gasteiger partial charge in [-0.3, -0.25) is 5.32 Å². The minimum Gasteiger partial charge on any atom is -0.321 e. The molecule has 6 nitrogen and oxygen atoms in total. The number of aryl methyl sites for hydroxylation is 1. The summed E-state index contributed by atoms with van der Waals surface area (Å²) in [5, 5.41) is 8.01. The molecule has 0 unspecified atom stereocenters. The quantitative estimate of drug-likeness (QED) is 0.939. The van der Waals surface area contributed by atoms with Gasteiger partial charge in [0.1, 0.15) is 0 Å². The zero-order chi connectivity index (χ0) is 16.6. The van der Waals surface area contributed by atoms with Gasteiger partial charge in [0.2, 0.25) is 0 Å². The smallest absolute Gasteiger partial charge is 0.321 e. The third kappa shape index (κ3) is 3.33. The van der Waals surface area contributed by atoms with Crippen LogP contribution in [0.4, 0.5) is 10.6 Å². The van der Waals surface area contributed by atoms with E-state index in [2.05, 4.69) is 15.3 Å². The third-order valence-corrected chi connectivity index (χ3v) is 4.35. The Hall–Kier alpha value is -2.05. The van der Waals surface area contributed by atoms with Gasteiger partial charge >= 0.3 is 6.03 Å². The van der Waals surface area contributed by atoms with E-state index in [1.807, 2.05) is 51.5 Å². The lowest BCUT2D eigenvalue weighted by molar-refractivity contribution is 0.0942. The Kier molecular flexibility index (Phi) is 4.28. The van der Waals surface area contributed by atoms with E-state index in [-0.39, 0.29) is 6.03 Å². The van der Waals surface area contributed by atoms with Crippen molar-refractivity contribution in [3.05, 3.63) is 41.0 Å². The molecule has 0 spiro atoms. The molecule has 2 amide bonds. The average Bonchev–Trinajstić information content (AvgIpc) is 2.78. The normalized spacial score (nSPS) is 14.9. The van der Waals surface area contributed by atoms with E-state index < -0.39 is 0 Å². The van der Waals surface area contributed by atoms with E-state index in [1.165, 1.54) is 0 Å². The number of hydrogen-bond donors (Lipinski definition) is 1. The summed E-state index contributed by atoms with van der Waals surface area (Å²) in [6.45, 7) is 3.42. The number of rotatable bonds is 3. The number of likely N-dealkylation sites (N-methyl/N-ethyl adjacent to an activating group) is 1. The van der Waals surface area contributed by atoms with Crippen molar-refractivity contribution in [3.63, 3.8) is 0 Å². The molecule has 2 aromatic rings. The van der Waals surface area contributed by atoms with Crippen molar-refractivity contribution in [1.29, 1.82) is 0 Å². The van der Waals surface area contributed by atoms with Gasteiger partial charge in [-0.05, 0) is 45.3 Å². The van der Waals surface area contributed by atoms with Gasteiger partial charge in [0.25, 0.3) is 0 Å². The van der Waals surface area contributed by atoms with E-state index in [0.29, 0.717) is 16.9 Å². The highest BCUT2D eigenvalue weighted by atomic mass is 35.5. The molecule has 1 aromatic heterocycles. The summed E-state index contributed by atoms with van der Waals surface area (Å²) in [5.41, 5.74) is 1.81. The Bertz CT molecular complexity index is 704. The molecule has 0 bridgehead atoms. The Morgan fingerprint density at radius 1 is 1.30 bits per heavy atom. The summed E-state index contributed by atoms with van der Waals surface area (Å²) in [4.78, 5) is 16.1. The fourth-order valence-corrected chi connectivity index (χ4v) is 2.56. The molecule has 7 heteroatoms. The van der Waals surface area contributed by atoms with Crippen LogP contribution in [0, 0.1) is 6.92 Å². The minimum atomic E-state index is -0.104. The van der Waals surface area contributed by atoms with Crippen molar-refractivity contribution < 1.29 is 4.79 Å². The maximum atomic E-state index is 12.2. The molecule has 1 aliphatic rings. The molecule has 23 heavy (non-hydrogen) atoms. The Morgan fingerprint density at radius 3 is 2.57 bits per heavy atom. The van der Waals surface area contributed by atoms with Crippen LogP contribution in [0.5, 0.6) is 0 Å². The van der Waals surface area contributed by atoms with E-state index in [4.69, 9.17) is 11.6 Å². The summed E-state index contributed by atoms with van der Waals surface area (Å²) >= 11 is 5.90. The van der Waals surface area contributed by atoms with Crippen LogP contribution in [0.2, 0.25) is 5.02 Å². The number of carbonyl (C=O) groups excluding carboxylic acids is 1. The SMILES string of the molecule is Cc1cn(-c2ccc(Cl)cc2)nc1NC(=O)N1CC(N(C)C)C1. The number of amides is 2. The van der Waals surface area contributed by atoms with Crippen LogP contribution < -0.4 is 5.32 Å². The molecule has 3 rings (SSSR count). The maximum Gasteiger partial charge on any atom is 0.323 e. The zero-order valence-electron chi connectivity index (χ0n) is 13.5. The van der Waals surface area contributed by atoms with Crippen molar-refractivity contribution >= 4 is 23.4 Å². The fraction of sp³-hybridized carbons (Fsp3) is 0.375.